The van der Waals surface area contributed by atoms with Gasteiger partial charge in [0.05, 0.1) is 12.7 Å². The Hall–Kier alpha value is -3.40. The Morgan fingerprint density at radius 3 is 1.89 bits per heavy atom. The van der Waals surface area contributed by atoms with E-state index in [1.807, 2.05) is 42.5 Å². The van der Waals surface area contributed by atoms with E-state index in [0.29, 0.717) is 16.9 Å². The molecule has 27 heavy (non-hydrogen) atoms. The smallest absolute Gasteiger partial charge is 0.338 e. The van der Waals surface area contributed by atoms with Gasteiger partial charge < -0.3 is 9.47 Å². The van der Waals surface area contributed by atoms with Crippen molar-refractivity contribution < 1.29 is 19.1 Å². The number of carbonyl (C=O) groups is 2. The monoisotopic (exact) mass is 360 g/mol. The molecule has 0 aromatic heterocycles. The van der Waals surface area contributed by atoms with E-state index in [4.69, 9.17) is 9.47 Å². The van der Waals surface area contributed by atoms with E-state index in [-0.39, 0.29) is 5.78 Å². The number of ketones is 1. The van der Waals surface area contributed by atoms with Gasteiger partial charge in [0.15, 0.2) is 6.10 Å². The molecule has 0 saturated carbocycles. The molecule has 0 saturated heterocycles. The molecule has 0 heterocycles. The highest BCUT2D eigenvalue weighted by molar-refractivity contribution is 6.01. The second-order valence-corrected chi connectivity index (χ2v) is 6.08. The Morgan fingerprint density at radius 1 is 0.741 bits per heavy atom. The molecule has 0 fully saturated rings. The van der Waals surface area contributed by atoms with E-state index < -0.39 is 12.1 Å². The van der Waals surface area contributed by atoms with Crippen LogP contribution >= 0.6 is 0 Å². The number of rotatable bonds is 6. The fourth-order valence-corrected chi connectivity index (χ4v) is 2.70. The van der Waals surface area contributed by atoms with E-state index in [2.05, 4.69) is 0 Å². The maximum absolute atomic E-state index is 12.4. The quantitative estimate of drug-likeness (QED) is 0.468. The van der Waals surface area contributed by atoms with Crippen LogP contribution < -0.4 is 4.74 Å². The van der Waals surface area contributed by atoms with Crippen molar-refractivity contribution in [2.75, 3.05) is 7.11 Å². The van der Waals surface area contributed by atoms with Gasteiger partial charge in [-0.3, -0.25) is 4.79 Å². The molecule has 3 aromatic carbocycles. The summed E-state index contributed by atoms with van der Waals surface area (Å²) >= 11 is 0. The summed E-state index contributed by atoms with van der Waals surface area (Å²) in [6, 6.07) is 23.7. The zero-order chi connectivity index (χ0) is 19.2. The summed E-state index contributed by atoms with van der Waals surface area (Å²) in [4.78, 5) is 24.8. The van der Waals surface area contributed by atoms with Crippen molar-refractivity contribution in [3.8, 4) is 16.9 Å². The van der Waals surface area contributed by atoms with Gasteiger partial charge in [-0.25, -0.2) is 4.79 Å². The van der Waals surface area contributed by atoms with Gasteiger partial charge in [0.25, 0.3) is 0 Å². The predicted molar refractivity (Wildman–Crippen MR) is 104 cm³/mol. The number of ether oxygens (including phenoxy) is 2. The second-order valence-electron chi connectivity index (χ2n) is 6.08. The van der Waals surface area contributed by atoms with Gasteiger partial charge in [-0.15, -0.1) is 0 Å². The van der Waals surface area contributed by atoms with E-state index in [0.717, 1.165) is 11.1 Å². The van der Waals surface area contributed by atoms with Crippen molar-refractivity contribution in [3.63, 3.8) is 0 Å². The van der Waals surface area contributed by atoms with Gasteiger partial charge in [0.1, 0.15) is 5.75 Å². The summed E-state index contributed by atoms with van der Waals surface area (Å²) < 4.78 is 10.4. The van der Waals surface area contributed by atoms with Gasteiger partial charge in [-0.05, 0) is 54.4 Å². The molecule has 0 spiro atoms. The first-order valence-electron chi connectivity index (χ1n) is 8.63. The highest BCUT2D eigenvalue weighted by Gasteiger charge is 2.20. The third kappa shape index (κ3) is 4.42. The Morgan fingerprint density at radius 2 is 1.30 bits per heavy atom. The van der Waals surface area contributed by atoms with Gasteiger partial charge in [0.2, 0.25) is 5.78 Å². The summed E-state index contributed by atoms with van der Waals surface area (Å²) in [6.45, 7) is 1.57. The third-order valence-electron chi connectivity index (χ3n) is 4.26. The number of hydrogen-bond donors (Lipinski definition) is 0. The molecule has 0 radical (unpaired) electrons. The molecular formula is C23H20O4. The SMILES string of the molecule is COc1ccc(C(=O)[C@H](C)OC(=O)c2ccc(-c3ccccc3)cc2)cc1. The summed E-state index contributed by atoms with van der Waals surface area (Å²) in [6.07, 6.45) is -0.875. The molecule has 0 aliphatic rings. The van der Waals surface area contributed by atoms with Crippen molar-refractivity contribution in [3.05, 3.63) is 90.0 Å². The third-order valence-corrected chi connectivity index (χ3v) is 4.26. The maximum Gasteiger partial charge on any atom is 0.338 e. The van der Waals surface area contributed by atoms with Crippen LogP contribution in [0.5, 0.6) is 5.75 Å². The normalized spacial score (nSPS) is 11.5. The standard InChI is InChI=1S/C23H20O4/c1-16(22(24)19-12-14-21(26-2)15-13-19)27-23(25)20-10-8-18(9-11-20)17-6-4-3-5-7-17/h3-16H,1-2H3/t16-/m0/s1. The van der Waals surface area contributed by atoms with Crippen molar-refractivity contribution in [2.24, 2.45) is 0 Å². The Bertz CT molecular complexity index is 913. The predicted octanol–water partition coefficient (Wildman–Crippen LogP) is 4.79. The van der Waals surface area contributed by atoms with E-state index in [1.54, 1.807) is 50.4 Å². The van der Waals surface area contributed by atoms with Crippen LogP contribution in [0.15, 0.2) is 78.9 Å². The average molecular weight is 360 g/mol. The number of benzene rings is 3. The van der Waals surface area contributed by atoms with E-state index in [9.17, 15) is 9.59 Å². The molecule has 4 nitrogen and oxygen atoms in total. The molecule has 3 rings (SSSR count). The Labute approximate surface area is 158 Å². The van der Waals surface area contributed by atoms with Crippen LogP contribution in [0.25, 0.3) is 11.1 Å². The average Bonchev–Trinajstić information content (AvgIpc) is 2.74. The topological polar surface area (TPSA) is 52.6 Å². The van der Waals surface area contributed by atoms with Gasteiger partial charge in [-0.2, -0.15) is 0 Å². The van der Waals surface area contributed by atoms with Gasteiger partial charge in [-0.1, -0.05) is 42.5 Å². The van der Waals surface area contributed by atoms with Crippen LogP contribution in [0.4, 0.5) is 0 Å². The molecule has 1 atom stereocenters. The highest BCUT2D eigenvalue weighted by atomic mass is 16.5. The zero-order valence-electron chi connectivity index (χ0n) is 15.2. The molecule has 0 aliphatic heterocycles. The lowest BCUT2D eigenvalue weighted by Gasteiger charge is -2.13. The van der Waals surface area contributed by atoms with E-state index >= 15 is 0 Å². The number of carbonyl (C=O) groups excluding carboxylic acids is 2. The minimum absolute atomic E-state index is 0.257. The first kappa shape index (κ1) is 18.4. The van der Waals surface area contributed by atoms with Crippen molar-refractivity contribution in [2.45, 2.75) is 13.0 Å². The van der Waals surface area contributed by atoms with Crippen LogP contribution in [0.3, 0.4) is 0 Å². The molecular weight excluding hydrogens is 340 g/mol. The van der Waals surface area contributed by atoms with Crippen LogP contribution in [-0.2, 0) is 4.74 Å². The zero-order valence-corrected chi connectivity index (χ0v) is 15.2. The molecule has 136 valence electrons. The summed E-state index contributed by atoms with van der Waals surface area (Å²) in [5, 5.41) is 0. The van der Waals surface area contributed by atoms with Gasteiger partial charge in [0, 0.05) is 5.56 Å². The molecule has 4 heteroatoms. The number of Topliss-reactive ketones (excluding diaryl/α,β-unsaturated/α-hetero) is 1. The summed E-state index contributed by atoms with van der Waals surface area (Å²) in [7, 11) is 1.56. The first-order chi connectivity index (χ1) is 13.1. The Balaban J connectivity index is 1.66. The van der Waals surface area contributed by atoms with Crippen molar-refractivity contribution >= 4 is 11.8 Å². The maximum atomic E-state index is 12.4. The van der Waals surface area contributed by atoms with Crippen molar-refractivity contribution in [1.82, 2.24) is 0 Å². The lowest BCUT2D eigenvalue weighted by Crippen LogP contribution is -2.24. The number of methoxy groups -OCH3 is 1. The number of hydrogen-bond acceptors (Lipinski definition) is 4. The van der Waals surface area contributed by atoms with Crippen LogP contribution in [0.1, 0.15) is 27.6 Å². The van der Waals surface area contributed by atoms with E-state index in [1.165, 1.54) is 0 Å². The summed E-state index contributed by atoms with van der Waals surface area (Å²) in [5.74, 6) is -0.120. The fourth-order valence-electron chi connectivity index (χ4n) is 2.70. The largest absolute Gasteiger partial charge is 0.497 e. The van der Waals surface area contributed by atoms with Crippen LogP contribution in [0.2, 0.25) is 0 Å². The molecule has 0 amide bonds. The molecule has 0 bridgehead atoms. The van der Waals surface area contributed by atoms with Crippen molar-refractivity contribution in [1.29, 1.82) is 0 Å². The second kappa shape index (κ2) is 8.32. The van der Waals surface area contributed by atoms with Crippen LogP contribution in [0, 0.1) is 0 Å². The summed E-state index contributed by atoms with van der Waals surface area (Å²) in [5.41, 5.74) is 2.95. The molecule has 3 aromatic rings. The van der Waals surface area contributed by atoms with Gasteiger partial charge >= 0.3 is 5.97 Å². The number of esters is 1. The molecule has 0 unspecified atom stereocenters. The Kier molecular flexibility index (Phi) is 5.67. The first-order valence-corrected chi connectivity index (χ1v) is 8.63. The minimum atomic E-state index is -0.875. The molecule has 0 N–H and O–H groups in total. The fraction of sp³-hybridized carbons (Fsp3) is 0.130. The highest BCUT2D eigenvalue weighted by Crippen LogP contribution is 2.20. The minimum Gasteiger partial charge on any atom is -0.497 e. The molecule has 0 aliphatic carbocycles. The lowest BCUT2D eigenvalue weighted by atomic mass is 10.0. The van der Waals surface area contributed by atoms with Crippen LogP contribution in [-0.4, -0.2) is 25.0 Å². The lowest BCUT2D eigenvalue weighted by molar-refractivity contribution is 0.0319.